The van der Waals surface area contributed by atoms with E-state index in [4.69, 9.17) is 0 Å². The summed E-state index contributed by atoms with van der Waals surface area (Å²) in [5, 5.41) is 7.63. The van der Waals surface area contributed by atoms with Gasteiger partial charge in [-0.15, -0.1) is 0 Å². The third kappa shape index (κ3) is 4.40. The summed E-state index contributed by atoms with van der Waals surface area (Å²) in [4.78, 5) is 29.6. The summed E-state index contributed by atoms with van der Waals surface area (Å²) >= 11 is 0. The first-order valence-corrected chi connectivity index (χ1v) is 10.3. The lowest BCUT2D eigenvalue weighted by Crippen LogP contribution is -2.23. The largest absolute Gasteiger partial charge is 0.326 e. The summed E-state index contributed by atoms with van der Waals surface area (Å²) in [6, 6.07) is 15.7. The van der Waals surface area contributed by atoms with Crippen LogP contribution in [0, 0.1) is 6.92 Å². The summed E-state index contributed by atoms with van der Waals surface area (Å²) in [7, 11) is 0. The van der Waals surface area contributed by atoms with Crippen LogP contribution >= 0.6 is 0 Å². The Hall–Kier alpha value is -3.74. The molecule has 0 atom stereocenters. The first-order chi connectivity index (χ1) is 14.9. The SMILES string of the molecule is Cc1ccc(-n2ncc3c(=O)n(CCC(=O)Nc4ccc(C(C)C)cc4)cnc32)cc1. The highest BCUT2D eigenvalue weighted by atomic mass is 16.2. The van der Waals surface area contributed by atoms with Crippen LogP contribution in [0.4, 0.5) is 5.69 Å². The number of nitrogens with one attached hydrogen (secondary N) is 1. The van der Waals surface area contributed by atoms with Crippen molar-refractivity contribution in [1.29, 1.82) is 0 Å². The van der Waals surface area contributed by atoms with Gasteiger partial charge in [0.25, 0.3) is 5.56 Å². The van der Waals surface area contributed by atoms with Gasteiger partial charge in [0.05, 0.1) is 18.2 Å². The van der Waals surface area contributed by atoms with E-state index in [2.05, 4.69) is 29.2 Å². The fraction of sp³-hybridized carbons (Fsp3) is 0.250. The number of anilines is 1. The van der Waals surface area contributed by atoms with Gasteiger partial charge >= 0.3 is 0 Å². The van der Waals surface area contributed by atoms with Crippen LogP contribution in [0.2, 0.25) is 0 Å². The Labute approximate surface area is 180 Å². The Balaban J connectivity index is 1.46. The summed E-state index contributed by atoms with van der Waals surface area (Å²) in [6.07, 6.45) is 3.17. The number of hydrogen-bond acceptors (Lipinski definition) is 4. The summed E-state index contributed by atoms with van der Waals surface area (Å²) in [6.45, 7) is 6.51. The zero-order valence-corrected chi connectivity index (χ0v) is 17.9. The van der Waals surface area contributed by atoms with Crippen molar-refractivity contribution in [2.45, 2.75) is 39.7 Å². The maximum absolute atomic E-state index is 12.8. The molecule has 0 aliphatic carbocycles. The van der Waals surface area contributed by atoms with Crippen molar-refractivity contribution in [3.8, 4) is 5.69 Å². The Bertz CT molecular complexity index is 1270. The Kier molecular flexibility index (Phi) is 5.66. The molecule has 7 heteroatoms. The van der Waals surface area contributed by atoms with Gasteiger partial charge in [0.15, 0.2) is 5.65 Å². The minimum atomic E-state index is -0.211. The zero-order valence-electron chi connectivity index (χ0n) is 17.9. The van der Waals surface area contributed by atoms with E-state index in [0.29, 0.717) is 17.0 Å². The van der Waals surface area contributed by atoms with Crippen LogP contribution in [0.15, 0.2) is 65.8 Å². The second-order valence-electron chi connectivity index (χ2n) is 7.95. The highest BCUT2D eigenvalue weighted by molar-refractivity contribution is 5.90. The molecule has 2 aromatic heterocycles. The lowest BCUT2D eigenvalue weighted by molar-refractivity contribution is -0.116. The van der Waals surface area contributed by atoms with E-state index in [1.165, 1.54) is 22.7 Å². The predicted octanol–water partition coefficient (Wildman–Crippen LogP) is 4.04. The molecule has 7 nitrogen and oxygen atoms in total. The van der Waals surface area contributed by atoms with Crippen molar-refractivity contribution < 1.29 is 4.79 Å². The molecule has 0 spiro atoms. The number of aryl methyl sites for hydroxylation is 2. The minimum Gasteiger partial charge on any atom is -0.326 e. The molecular weight excluding hydrogens is 390 g/mol. The molecule has 0 fully saturated rings. The highest BCUT2D eigenvalue weighted by Crippen LogP contribution is 2.17. The van der Waals surface area contributed by atoms with Crippen LogP contribution in [0.3, 0.4) is 0 Å². The molecule has 0 bridgehead atoms. The molecule has 158 valence electrons. The van der Waals surface area contributed by atoms with Crippen molar-refractivity contribution in [2.24, 2.45) is 0 Å². The minimum absolute atomic E-state index is 0.153. The van der Waals surface area contributed by atoms with Gasteiger partial charge in [-0.2, -0.15) is 5.10 Å². The maximum Gasteiger partial charge on any atom is 0.264 e. The van der Waals surface area contributed by atoms with Gasteiger partial charge in [0.1, 0.15) is 5.39 Å². The van der Waals surface area contributed by atoms with E-state index in [-0.39, 0.29) is 24.4 Å². The Morgan fingerprint density at radius 2 is 1.77 bits per heavy atom. The van der Waals surface area contributed by atoms with Crippen molar-refractivity contribution in [3.05, 3.63) is 82.5 Å². The quantitative estimate of drug-likeness (QED) is 0.515. The number of hydrogen-bond donors (Lipinski definition) is 1. The van der Waals surface area contributed by atoms with E-state index in [0.717, 1.165) is 16.9 Å². The number of aromatic nitrogens is 4. The summed E-state index contributed by atoms with van der Waals surface area (Å²) < 4.78 is 3.10. The number of fused-ring (bicyclic) bond motifs is 1. The van der Waals surface area contributed by atoms with Crippen LogP contribution in [-0.4, -0.2) is 25.2 Å². The maximum atomic E-state index is 12.8. The Morgan fingerprint density at radius 1 is 1.06 bits per heavy atom. The average molecular weight is 415 g/mol. The van der Waals surface area contributed by atoms with Gasteiger partial charge < -0.3 is 5.32 Å². The average Bonchev–Trinajstić information content (AvgIpc) is 3.19. The first kappa shape index (κ1) is 20.5. The zero-order chi connectivity index (χ0) is 22.0. The molecule has 0 saturated heterocycles. The van der Waals surface area contributed by atoms with E-state index >= 15 is 0 Å². The highest BCUT2D eigenvalue weighted by Gasteiger charge is 2.12. The lowest BCUT2D eigenvalue weighted by atomic mass is 10.0. The normalized spacial score (nSPS) is 11.2. The molecule has 0 aliphatic rings. The topological polar surface area (TPSA) is 81.8 Å². The molecule has 1 amide bonds. The molecule has 4 rings (SSSR count). The molecule has 0 aliphatic heterocycles. The van der Waals surface area contributed by atoms with Gasteiger partial charge in [-0.1, -0.05) is 43.7 Å². The van der Waals surface area contributed by atoms with Crippen LogP contribution in [0.5, 0.6) is 0 Å². The van der Waals surface area contributed by atoms with Crippen LogP contribution < -0.4 is 10.9 Å². The predicted molar refractivity (Wildman–Crippen MR) is 122 cm³/mol. The van der Waals surface area contributed by atoms with E-state index in [1.807, 2.05) is 55.5 Å². The second-order valence-corrected chi connectivity index (χ2v) is 7.95. The molecular formula is C24H25N5O2. The number of benzene rings is 2. The van der Waals surface area contributed by atoms with E-state index in [9.17, 15) is 9.59 Å². The van der Waals surface area contributed by atoms with Gasteiger partial charge in [-0.05, 0) is 42.7 Å². The number of carbonyl (C=O) groups excluding carboxylic acids is 1. The monoisotopic (exact) mass is 415 g/mol. The third-order valence-corrected chi connectivity index (χ3v) is 5.27. The van der Waals surface area contributed by atoms with Gasteiger partial charge in [-0.25, -0.2) is 9.67 Å². The molecule has 1 N–H and O–H groups in total. The van der Waals surface area contributed by atoms with E-state index < -0.39 is 0 Å². The fourth-order valence-electron chi connectivity index (χ4n) is 3.38. The van der Waals surface area contributed by atoms with Crippen LogP contribution in [-0.2, 0) is 11.3 Å². The molecule has 0 unspecified atom stereocenters. The molecule has 0 saturated carbocycles. The Morgan fingerprint density at radius 3 is 2.45 bits per heavy atom. The summed E-state index contributed by atoms with van der Waals surface area (Å²) in [5.41, 5.74) is 4.24. The van der Waals surface area contributed by atoms with Gasteiger partial charge in [-0.3, -0.25) is 14.2 Å². The van der Waals surface area contributed by atoms with Gasteiger partial charge in [0.2, 0.25) is 5.91 Å². The molecule has 4 aromatic rings. The number of carbonyl (C=O) groups is 1. The van der Waals surface area contributed by atoms with Crippen LogP contribution in [0.25, 0.3) is 16.7 Å². The van der Waals surface area contributed by atoms with Crippen LogP contribution in [0.1, 0.15) is 37.3 Å². The van der Waals surface area contributed by atoms with Crippen molar-refractivity contribution in [2.75, 3.05) is 5.32 Å². The molecule has 0 radical (unpaired) electrons. The van der Waals surface area contributed by atoms with E-state index in [1.54, 1.807) is 4.68 Å². The molecule has 2 aromatic carbocycles. The van der Waals surface area contributed by atoms with Crippen molar-refractivity contribution >= 4 is 22.6 Å². The first-order valence-electron chi connectivity index (χ1n) is 10.3. The fourth-order valence-corrected chi connectivity index (χ4v) is 3.38. The lowest BCUT2D eigenvalue weighted by Gasteiger charge is -2.09. The number of rotatable bonds is 6. The smallest absolute Gasteiger partial charge is 0.264 e. The van der Waals surface area contributed by atoms with Crippen molar-refractivity contribution in [1.82, 2.24) is 19.3 Å². The third-order valence-electron chi connectivity index (χ3n) is 5.27. The molecule has 2 heterocycles. The number of amides is 1. The second kappa shape index (κ2) is 8.55. The molecule has 31 heavy (non-hydrogen) atoms. The number of nitrogens with zero attached hydrogens (tertiary/aromatic N) is 4. The summed E-state index contributed by atoms with van der Waals surface area (Å²) in [5.74, 6) is 0.286. The standard InChI is InChI=1S/C24H25N5O2/c1-16(2)18-6-8-19(9-7-18)27-22(30)12-13-28-15-25-23-21(24(28)31)14-26-29(23)20-10-4-17(3)5-11-20/h4-11,14-16H,12-13H2,1-3H3,(H,27,30). The van der Waals surface area contributed by atoms with Gasteiger partial charge in [0, 0.05) is 18.7 Å². The van der Waals surface area contributed by atoms with Crippen molar-refractivity contribution in [3.63, 3.8) is 0 Å².